The van der Waals surface area contributed by atoms with E-state index in [2.05, 4.69) is 4.72 Å². The summed E-state index contributed by atoms with van der Waals surface area (Å²) < 4.78 is 37.8. The average molecular weight is 340 g/mol. The number of anilines is 1. The van der Waals surface area contributed by atoms with Crippen LogP contribution in [0.15, 0.2) is 41.3 Å². The Balaban J connectivity index is 1.90. The summed E-state index contributed by atoms with van der Waals surface area (Å²) in [6.07, 6.45) is 0.710. The Kier molecular flexibility index (Phi) is 3.88. The second kappa shape index (κ2) is 5.70. The van der Waals surface area contributed by atoms with Gasteiger partial charge in [-0.1, -0.05) is 11.6 Å². The third kappa shape index (κ3) is 2.84. The summed E-state index contributed by atoms with van der Waals surface area (Å²) in [5, 5.41) is 0.271. The Morgan fingerprint density at radius 1 is 1.23 bits per heavy atom. The van der Waals surface area contributed by atoms with E-state index >= 15 is 0 Å². The molecule has 3 rings (SSSR count). The number of hydrogen-bond acceptors (Lipinski definition) is 4. The Hall–Kier alpha value is -1.92. The first-order chi connectivity index (χ1) is 10.5. The summed E-state index contributed by atoms with van der Waals surface area (Å²) in [5.41, 5.74) is 1.20. The van der Waals surface area contributed by atoms with Gasteiger partial charge in [-0.15, -0.1) is 0 Å². The Labute approximate surface area is 133 Å². The quantitative estimate of drug-likeness (QED) is 0.929. The standard InChI is InChI=1S/C15H14ClNO4S/c1-20-11-2-4-14(13(16)9-11)17-22(18,19)12-3-5-15-10(8-12)6-7-21-15/h2-5,8-9,17H,6-7H2,1H3. The number of benzene rings is 2. The molecule has 2 aromatic rings. The molecule has 0 amide bonds. The SMILES string of the molecule is COc1ccc(NS(=O)(=O)c2ccc3c(c2)CCO3)c(Cl)c1. The van der Waals surface area contributed by atoms with Crippen molar-refractivity contribution in [3.05, 3.63) is 47.0 Å². The van der Waals surface area contributed by atoms with Crippen molar-refractivity contribution in [2.75, 3.05) is 18.4 Å². The zero-order chi connectivity index (χ0) is 15.7. The zero-order valence-corrected chi connectivity index (χ0v) is 13.4. The number of ether oxygens (including phenoxy) is 2. The van der Waals surface area contributed by atoms with E-state index in [-0.39, 0.29) is 9.92 Å². The molecule has 0 aliphatic carbocycles. The van der Waals surface area contributed by atoms with Gasteiger partial charge in [0.2, 0.25) is 0 Å². The summed E-state index contributed by atoms with van der Waals surface area (Å²) in [6, 6.07) is 9.57. The van der Waals surface area contributed by atoms with E-state index < -0.39 is 10.0 Å². The highest BCUT2D eigenvalue weighted by Crippen LogP contribution is 2.31. The van der Waals surface area contributed by atoms with Crippen molar-refractivity contribution in [3.63, 3.8) is 0 Å². The lowest BCUT2D eigenvalue weighted by Gasteiger charge is -2.11. The number of fused-ring (bicyclic) bond motifs is 1. The van der Waals surface area contributed by atoms with Crippen LogP contribution in [0.2, 0.25) is 5.02 Å². The maximum atomic E-state index is 12.5. The minimum atomic E-state index is -3.71. The van der Waals surface area contributed by atoms with Crippen LogP contribution in [0.5, 0.6) is 11.5 Å². The molecule has 0 radical (unpaired) electrons. The van der Waals surface area contributed by atoms with Crippen molar-refractivity contribution in [1.29, 1.82) is 0 Å². The van der Waals surface area contributed by atoms with E-state index in [9.17, 15) is 8.42 Å². The van der Waals surface area contributed by atoms with E-state index in [1.165, 1.54) is 13.2 Å². The number of sulfonamides is 1. The third-order valence-electron chi connectivity index (χ3n) is 3.39. The van der Waals surface area contributed by atoms with Gasteiger partial charge in [-0.05, 0) is 35.9 Å². The molecule has 1 heterocycles. The normalized spacial score (nSPS) is 13.4. The van der Waals surface area contributed by atoms with Crippen molar-refractivity contribution in [2.45, 2.75) is 11.3 Å². The molecule has 0 saturated carbocycles. The van der Waals surface area contributed by atoms with Crippen molar-refractivity contribution in [3.8, 4) is 11.5 Å². The monoisotopic (exact) mass is 339 g/mol. The van der Waals surface area contributed by atoms with E-state index in [0.29, 0.717) is 24.5 Å². The molecule has 1 aliphatic heterocycles. The molecule has 0 fully saturated rings. The molecule has 116 valence electrons. The maximum absolute atomic E-state index is 12.5. The van der Waals surface area contributed by atoms with Gasteiger partial charge in [-0.2, -0.15) is 0 Å². The molecule has 22 heavy (non-hydrogen) atoms. The summed E-state index contributed by atoms with van der Waals surface area (Å²) in [5.74, 6) is 1.30. The lowest BCUT2D eigenvalue weighted by molar-refractivity contribution is 0.356. The number of halogens is 1. The second-order valence-electron chi connectivity index (χ2n) is 4.82. The predicted molar refractivity (Wildman–Crippen MR) is 84.5 cm³/mol. The predicted octanol–water partition coefficient (Wildman–Crippen LogP) is 3.08. The van der Waals surface area contributed by atoms with E-state index in [4.69, 9.17) is 21.1 Å². The summed E-state index contributed by atoms with van der Waals surface area (Å²) in [4.78, 5) is 0.184. The number of rotatable bonds is 4. The molecule has 5 nitrogen and oxygen atoms in total. The largest absolute Gasteiger partial charge is 0.497 e. The molecular formula is C15H14ClNO4S. The Bertz CT molecular complexity index is 820. The minimum absolute atomic E-state index is 0.184. The van der Waals surface area contributed by atoms with Crippen LogP contribution < -0.4 is 14.2 Å². The van der Waals surface area contributed by atoms with Gasteiger partial charge in [0, 0.05) is 12.5 Å². The molecule has 0 unspecified atom stereocenters. The van der Waals surface area contributed by atoms with Gasteiger partial charge < -0.3 is 9.47 Å². The van der Waals surface area contributed by atoms with Crippen molar-refractivity contribution in [1.82, 2.24) is 0 Å². The molecule has 0 saturated heterocycles. The molecule has 2 aromatic carbocycles. The van der Waals surface area contributed by atoms with Gasteiger partial charge >= 0.3 is 0 Å². The number of nitrogens with one attached hydrogen (secondary N) is 1. The molecule has 1 aliphatic rings. The molecule has 0 bridgehead atoms. The smallest absolute Gasteiger partial charge is 0.261 e. The highest BCUT2D eigenvalue weighted by atomic mass is 35.5. The van der Waals surface area contributed by atoms with E-state index in [1.807, 2.05) is 0 Å². The average Bonchev–Trinajstić information content (AvgIpc) is 2.96. The van der Waals surface area contributed by atoms with Gasteiger partial charge in [-0.25, -0.2) is 8.42 Å². The van der Waals surface area contributed by atoms with Crippen LogP contribution >= 0.6 is 11.6 Å². The summed E-state index contributed by atoms with van der Waals surface area (Å²) in [6.45, 7) is 0.580. The molecule has 1 N–H and O–H groups in total. The lowest BCUT2D eigenvalue weighted by atomic mass is 10.2. The van der Waals surface area contributed by atoms with E-state index in [0.717, 1.165) is 11.3 Å². The van der Waals surface area contributed by atoms with Gasteiger partial charge in [0.05, 0.1) is 29.3 Å². The van der Waals surface area contributed by atoms with Crippen LogP contribution in [0.4, 0.5) is 5.69 Å². The van der Waals surface area contributed by atoms with E-state index in [1.54, 1.807) is 30.3 Å². The van der Waals surface area contributed by atoms with Gasteiger partial charge in [0.1, 0.15) is 11.5 Å². The first-order valence-corrected chi connectivity index (χ1v) is 8.48. The first kappa shape index (κ1) is 15.0. The number of hydrogen-bond donors (Lipinski definition) is 1. The molecule has 0 aromatic heterocycles. The second-order valence-corrected chi connectivity index (χ2v) is 6.91. The topological polar surface area (TPSA) is 64.6 Å². The number of methoxy groups -OCH3 is 1. The third-order valence-corrected chi connectivity index (χ3v) is 5.07. The van der Waals surface area contributed by atoms with Gasteiger partial charge in [0.25, 0.3) is 10.0 Å². The van der Waals surface area contributed by atoms with Gasteiger partial charge in [0.15, 0.2) is 0 Å². The van der Waals surface area contributed by atoms with Crippen molar-refractivity contribution < 1.29 is 17.9 Å². The minimum Gasteiger partial charge on any atom is -0.497 e. The Morgan fingerprint density at radius 3 is 2.77 bits per heavy atom. The fraction of sp³-hybridized carbons (Fsp3) is 0.200. The summed E-state index contributed by atoms with van der Waals surface area (Å²) >= 11 is 6.07. The molecule has 0 atom stereocenters. The van der Waals surface area contributed by atoms with Gasteiger partial charge in [-0.3, -0.25) is 4.72 Å². The lowest BCUT2D eigenvalue weighted by Crippen LogP contribution is -2.13. The Morgan fingerprint density at radius 2 is 2.05 bits per heavy atom. The molecule has 7 heteroatoms. The molecular weight excluding hydrogens is 326 g/mol. The fourth-order valence-electron chi connectivity index (χ4n) is 2.24. The highest BCUT2D eigenvalue weighted by Gasteiger charge is 2.20. The van der Waals surface area contributed by atoms with Crippen LogP contribution in [-0.2, 0) is 16.4 Å². The highest BCUT2D eigenvalue weighted by molar-refractivity contribution is 7.92. The van der Waals surface area contributed by atoms with Crippen LogP contribution in [0.1, 0.15) is 5.56 Å². The van der Waals surface area contributed by atoms with Crippen LogP contribution in [-0.4, -0.2) is 22.1 Å². The first-order valence-electron chi connectivity index (χ1n) is 6.62. The molecule has 0 spiro atoms. The summed E-state index contributed by atoms with van der Waals surface area (Å²) in [7, 11) is -2.19. The van der Waals surface area contributed by atoms with Crippen molar-refractivity contribution in [2.24, 2.45) is 0 Å². The van der Waals surface area contributed by atoms with Crippen LogP contribution in [0.25, 0.3) is 0 Å². The maximum Gasteiger partial charge on any atom is 0.261 e. The van der Waals surface area contributed by atoms with Crippen LogP contribution in [0, 0.1) is 0 Å². The zero-order valence-electron chi connectivity index (χ0n) is 11.8. The van der Waals surface area contributed by atoms with Crippen LogP contribution in [0.3, 0.4) is 0 Å². The van der Waals surface area contributed by atoms with Crippen molar-refractivity contribution >= 4 is 27.3 Å². The fourth-order valence-corrected chi connectivity index (χ4v) is 3.64.